The molecule has 20 heavy (non-hydrogen) atoms. The summed E-state index contributed by atoms with van der Waals surface area (Å²) in [5.41, 5.74) is -0.107. The number of hydrogen-bond donors (Lipinski definition) is 1. The van der Waals surface area contributed by atoms with Gasteiger partial charge in [0, 0.05) is 12.1 Å². The molecule has 1 fully saturated rings. The van der Waals surface area contributed by atoms with Crippen molar-refractivity contribution in [2.24, 2.45) is 0 Å². The van der Waals surface area contributed by atoms with Gasteiger partial charge in [0.1, 0.15) is 5.82 Å². The van der Waals surface area contributed by atoms with Gasteiger partial charge >= 0.3 is 0 Å². The SMILES string of the molecule is O=[N+]([O-])c1ccc(F)cc1-c1cnc(CNC2CC2)o1. The Balaban J connectivity index is 1.87. The maximum atomic E-state index is 13.3. The van der Waals surface area contributed by atoms with Crippen LogP contribution in [0.3, 0.4) is 0 Å². The van der Waals surface area contributed by atoms with E-state index >= 15 is 0 Å². The van der Waals surface area contributed by atoms with Crippen LogP contribution in [0.5, 0.6) is 0 Å². The molecule has 0 radical (unpaired) electrons. The summed E-state index contributed by atoms with van der Waals surface area (Å²) in [5.74, 6) is 0.0777. The molecule has 2 aromatic rings. The summed E-state index contributed by atoms with van der Waals surface area (Å²) in [6.07, 6.45) is 3.66. The predicted molar refractivity (Wildman–Crippen MR) is 68.4 cm³/mol. The van der Waals surface area contributed by atoms with Gasteiger partial charge in [-0.2, -0.15) is 0 Å². The zero-order valence-corrected chi connectivity index (χ0v) is 10.5. The van der Waals surface area contributed by atoms with Crippen molar-refractivity contribution in [3.63, 3.8) is 0 Å². The van der Waals surface area contributed by atoms with Crippen molar-refractivity contribution in [1.29, 1.82) is 0 Å². The molecule has 1 N–H and O–H groups in total. The van der Waals surface area contributed by atoms with E-state index in [0.29, 0.717) is 18.5 Å². The van der Waals surface area contributed by atoms with Crippen LogP contribution in [0.2, 0.25) is 0 Å². The Morgan fingerprint density at radius 2 is 2.30 bits per heavy atom. The van der Waals surface area contributed by atoms with Crippen LogP contribution in [-0.4, -0.2) is 15.9 Å². The van der Waals surface area contributed by atoms with Gasteiger partial charge in [-0.3, -0.25) is 10.1 Å². The van der Waals surface area contributed by atoms with Crippen molar-refractivity contribution < 1.29 is 13.7 Å². The number of halogens is 1. The first-order valence-corrected chi connectivity index (χ1v) is 6.26. The van der Waals surface area contributed by atoms with Crippen molar-refractivity contribution in [1.82, 2.24) is 10.3 Å². The fourth-order valence-electron chi connectivity index (χ4n) is 1.90. The molecule has 0 atom stereocenters. The lowest BCUT2D eigenvalue weighted by Gasteiger charge is -2.00. The summed E-state index contributed by atoms with van der Waals surface area (Å²) >= 11 is 0. The molecule has 0 aliphatic heterocycles. The maximum Gasteiger partial charge on any atom is 0.280 e. The first-order valence-electron chi connectivity index (χ1n) is 6.26. The van der Waals surface area contributed by atoms with Crippen LogP contribution >= 0.6 is 0 Å². The van der Waals surface area contributed by atoms with Gasteiger partial charge in [0.15, 0.2) is 5.76 Å². The van der Waals surface area contributed by atoms with E-state index in [-0.39, 0.29) is 17.0 Å². The third kappa shape index (κ3) is 2.67. The highest BCUT2D eigenvalue weighted by atomic mass is 19.1. The number of nitro benzene ring substituents is 1. The minimum absolute atomic E-state index is 0.0974. The van der Waals surface area contributed by atoms with Crippen LogP contribution in [0.4, 0.5) is 10.1 Å². The number of aromatic nitrogens is 1. The Morgan fingerprint density at radius 3 is 3.00 bits per heavy atom. The molecule has 0 bridgehead atoms. The average molecular weight is 277 g/mol. The fourth-order valence-corrected chi connectivity index (χ4v) is 1.90. The average Bonchev–Trinajstić information content (AvgIpc) is 3.13. The second-order valence-corrected chi connectivity index (χ2v) is 4.69. The van der Waals surface area contributed by atoms with Crippen molar-refractivity contribution in [3.05, 3.63) is 46.2 Å². The van der Waals surface area contributed by atoms with E-state index in [1.807, 2.05) is 0 Å². The van der Waals surface area contributed by atoms with Crippen LogP contribution in [0.1, 0.15) is 18.7 Å². The molecule has 1 heterocycles. The van der Waals surface area contributed by atoms with Crippen molar-refractivity contribution >= 4 is 5.69 Å². The molecular weight excluding hydrogens is 265 g/mol. The van der Waals surface area contributed by atoms with Crippen molar-refractivity contribution in [2.45, 2.75) is 25.4 Å². The summed E-state index contributed by atoms with van der Waals surface area (Å²) in [5, 5.41) is 14.2. The van der Waals surface area contributed by atoms with E-state index in [1.165, 1.54) is 6.20 Å². The van der Waals surface area contributed by atoms with Crippen LogP contribution in [0.25, 0.3) is 11.3 Å². The molecule has 7 heteroatoms. The molecule has 1 aromatic carbocycles. The van der Waals surface area contributed by atoms with E-state index < -0.39 is 10.7 Å². The molecule has 104 valence electrons. The summed E-state index contributed by atoms with van der Waals surface area (Å²) in [7, 11) is 0. The van der Waals surface area contributed by atoms with Gasteiger partial charge in [0.05, 0.1) is 23.2 Å². The normalized spacial score (nSPS) is 14.4. The summed E-state index contributed by atoms with van der Waals surface area (Å²) in [4.78, 5) is 14.4. The van der Waals surface area contributed by atoms with Gasteiger partial charge in [-0.15, -0.1) is 0 Å². The molecule has 1 aromatic heterocycles. The zero-order chi connectivity index (χ0) is 14.1. The highest BCUT2D eigenvalue weighted by Gasteiger charge is 2.22. The quantitative estimate of drug-likeness (QED) is 0.671. The Bertz CT molecular complexity index is 652. The Labute approximate surface area is 113 Å². The maximum absolute atomic E-state index is 13.3. The second kappa shape index (κ2) is 5.01. The Morgan fingerprint density at radius 1 is 1.50 bits per heavy atom. The van der Waals surface area contributed by atoms with Crippen LogP contribution < -0.4 is 5.32 Å². The fraction of sp³-hybridized carbons (Fsp3) is 0.308. The van der Waals surface area contributed by atoms with E-state index in [4.69, 9.17) is 4.42 Å². The summed E-state index contributed by atoms with van der Waals surface area (Å²) < 4.78 is 18.7. The Kier molecular flexibility index (Phi) is 3.19. The number of oxazole rings is 1. The number of hydrogen-bond acceptors (Lipinski definition) is 5. The van der Waals surface area contributed by atoms with Crippen LogP contribution in [-0.2, 0) is 6.54 Å². The molecule has 0 saturated heterocycles. The van der Waals surface area contributed by atoms with E-state index in [9.17, 15) is 14.5 Å². The molecule has 1 aliphatic rings. The van der Waals surface area contributed by atoms with Crippen LogP contribution in [0, 0.1) is 15.9 Å². The third-order valence-electron chi connectivity index (χ3n) is 3.09. The standard InChI is InChI=1S/C13H12FN3O3/c14-8-1-4-11(17(18)19)10(5-8)12-6-16-13(20-12)7-15-9-2-3-9/h1,4-6,9,15H,2-3,7H2. The second-order valence-electron chi connectivity index (χ2n) is 4.69. The third-order valence-corrected chi connectivity index (χ3v) is 3.09. The minimum Gasteiger partial charge on any atom is -0.439 e. The molecular formula is C13H12FN3O3. The summed E-state index contributed by atoms with van der Waals surface area (Å²) in [6.45, 7) is 0.466. The topological polar surface area (TPSA) is 81.2 Å². The highest BCUT2D eigenvalue weighted by Crippen LogP contribution is 2.31. The molecule has 6 nitrogen and oxygen atoms in total. The van der Waals surface area contributed by atoms with Gasteiger partial charge in [-0.1, -0.05) is 0 Å². The summed E-state index contributed by atoms with van der Waals surface area (Å²) in [6, 6.07) is 3.76. The van der Waals surface area contributed by atoms with E-state index in [2.05, 4.69) is 10.3 Å². The van der Waals surface area contributed by atoms with E-state index in [1.54, 1.807) is 0 Å². The molecule has 0 unspecified atom stereocenters. The predicted octanol–water partition coefficient (Wildman–Crippen LogP) is 2.64. The van der Waals surface area contributed by atoms with Crippen molar-refractivity contribution in [3.8, 4) is 11.3 Å². The van der Waals surface area contributed by atoms with Gasteiger partial charge in [-0.05, 0) is 25.0 Å². The molecule has 1 aliphatic carbocycles. The molecule has 3 rings (SSSR count). The van der Waals surface area contributed by atoms with Gasteiger partial charge < -0.3 is 9.73 Å². The highest BCUT2D eigenvalue weighted by molar-refractivity contribution is 5.68. The monoisotopic (exact) mass is 277 g/mol. The van der Waals surface area contributed by atoms with Crippen molar-refractivity contribution in [2.75, 3.05) is 0 Å². The van der Waals surface area contributed by atoms with Gasteiger partial charge in [0.25, 0.3) is 5.69 Å². The number of benzene rings is 1. The Hall–Kier alpha value is -2.28. The first-order chi connectivity index (χ1) is 9.63. The van der Waals surface area contributed by atoms with Crippen LogP contribution in [0.15, 0.2) is 28.8 Å². The molecule has 0 amide bonds. The number of nitrogens with one attached hydrogen (secondary N) is 1. The lowest BCUT2D eigenvalue weighted by Crippen LogP contribution is -2.15. The lowest BCUT2D eigenvalue weighted by atomic mass is 10.1. The van der Waals surface area contributed by atoms with Gasteiger partial charge in [-0.25, -0.2) is 9.37 Å². The molecule has 1 saturated carbocycles. The molecule has 0 spiro atoms. The first kappa shape index (κ1) is 12.7. The largest absolute Gasteiger partial charge is 0.439 e. The zero-order valence-electron chi connectivity index (χ0n) is 10.5. The lowest BCUT2D eigenvalue weighted by molar-refractivity contribution is -0.384. The van der Waals surface area contributed by atoms with Gasteiger partial charge in [0.2, 0.25) is 5.89 Å². The number of nitrogens with zero attached hydrogens (tertiary/aromatic N) is 2. The van der Waals surface area contributed by atoms with E-state index in [0.717, 1.165) is 31.0 Å². The minimum atomic E-state index is -0.570. The number of rotatable bonds is 5. The smallest absolute Gasteiger partial charge is 0.280 e. The number of nitro groups is 1.